The zero-order valence-corrected chi connectivity index (χ0v) is 10.8. The molecule has 3 unspecified atom stereocenters. The average Bonchev–Trinajstić information content (AvgIpc) is 2.15. The van der Waals surface area contributed by atoms with E-state index < -0.39 is 32.7 Å². The number of aliphatic hydroxyl groups is 1. The monoisotopic (exact) mass is 313 g/mol. The second-order valence-corrected chi connectivity index (χ2v) is 7.62. The van der Waals surface area contributed by atoms with Gasteiger partial charge in [0, 0.05) is 6.04 Å². The van der Waals surface area contributed by atoms with E-state index in [0.29, 0.717) is 19.4 Å². The average molecular weight is 313 g/mol. The molecule has 1 rings (SSSR count). The van der Waals surface area contributed by atoms with Crippen LogP contribution in [-0.2, 0) is 9.13 Å². The molecule has 0 aliphatic carbocycles. The Hall–Kier alpha value is 1.22. The van der Waals surface area contributed by atoms with Gasteiger partial charge in [-0.25, -0.2) is 0 Å². The summed E-state index contributed by atoms with van der Waals surface area (Å²) in [5.41, 5.74) is -1.77. The predicted octanol–water partition coefficient (Wildman–Crippen LogP) is -1.48. The molecule has 11 heteroatoms. The summed E-state index contributed by atoms with van der Waals surface area (Å²) in [7, 11) is -9.75. The number of aliphatic hydroxyl groups excluding tert-OH is 1. The van der Waals surface area contributed by atoms with Crippen LogP contribution in [0, 0.1) is 0 Å². The van der Waals surface area contributed by atoms with Gasteiger partial charge in [0.15, 0.2) is 5.85 Å². The minimum absolute atomic E-state index is 0. The van der Waals surface area contributed by atoms with Crippen LogP contribution in [0.25, 0.3) is 0 Å². The van der Waals surface area contributed by atoms with E-state index in [1.165, 1.54) is 0 Å². The first-order valence-electron chi connectivity index (χ1n) is 5.16. The van der Waals surface area contributed by atoms with Gasteiger partial charge in [-0.2, -0.15) is 0 Å². The van der Waals surface area contributed by atoms with E-state index in [1.54, 1.807) is 0 Å². The first-order valence-corrected chi connectivity index (χ1v) is 8.52. The fourth-order valence-corrected chi connectivity index (χ4v) is 4.70. The van der Waals surface area contributed by atoms with Crippen molar-refractivity contribution in [2.75, 3.05) is 6.54 Å². The Balaban J connectivity index is 0.00000289. The molecule has 0 amide bonds. The van der Waals surface area contributed by atoms with E-state index in [2.05, 4.69) is 5.32 Å². The van der Waals surface area contributed by atoms with Gasteiger partial charge in [0.25, 0.3) is 0 Å². The Morgan fingerprint density at radius 1 is 1.06 bits per heavy atom. The van der Waals surface area contributed by atoms with Gasteiger partial charge in [0.2, 0.25) is 0 Å². The summed E-state index contributed by atoms with van der Waals surface area (Å²) in [4.78, 5) is 35.9. The molecule has 1 aliphatic rings. The standard InChI is InChI=1S/C7H17NO7P2.Na.H/c9-7(17(13,14)15)6(16(10,11)12)5-3-1-2-4-8-5;;/h5-9H,1-4H2,(H2,10,11,12)(H2,13,14,15);;. The molecule has 0 saturated carbocycles. The Morgan fingerprint density at radius 3 is 1.94 bits per heavy atom. The maximum atomic E-state index is 11.3. The Morgan fingerprint density at radius 2 is 1.61 bits per heavy atom. The van der Waals surface area contributed by atoms with Gasteiger partial charge >= 0.3 is 44.7 Å². The SMILES string of the molecule is O=P(O)(O)C(O)C(C1CCCCN1)P(=O)(O)O.[NaH]. The first kappa shape index (κ1) is 19.2. The van der Waals surface area contributed by atoms with Crippen LogP contribution in [0.5, 0.6) is 0 Å². The van der Waals surface area contributed by atoms with Crippen LogP contribution in [0.4, 0.5) is 0 Å². The van der Waals surface area contributed by atoms with Crippen LogP contribution < -0.4 is 5.32 Å². The third-order valence-corrected chi connectivity index (χ3v) is 5.46. The summed E-state index contributed by atoms with van der Waals surface area (Å²) >= 11 is 0. The third kappa shape index (κ3) is 5.31. The summed E-state index contributed by atoms with van der Waals surface area (Å²) in [6.45, 7) is 0.509. The summed E-state index contributed by atoms with van der Waals surface area (Å²) in [5, 5.41) is 12.2. The summed E-state index contributed by atoms with van der Waals surface area (Å²) in [6.07, 6.45) is 1.89. The molecule has 1 saturated heterocycles. The van der Waals surface area contributed by atoms with Crippen LogP contribution in [0.1, 0.15) is 19.3 Å². The van der Waals surface area contributed by atoms with Crippen LogP contribution in [0.15, 0.2) is 0 Å². The molecule has 3 atom stereocenters. The van der Waals surface area contributed by atoms with E-state index in [9.17, 15) is 14.2 Å². The summed E-state index contributed by atoms with van der Waals surface area (Å²) < 4.78 is 22.2. The van der Waals surface area contributed by atoms with Crippen molar-refractivity contribution in [2.24, 2.45) is 0 Å². The van der Waals surface area contributed by atoms with E-state index in [0.717, 1.165) is 6.42 Å². The number of hydrogen-bond acceptors (Lipinski definition) is 4. The molecule has 104 valence electrons. The van der Waals surface area contributed by atoms with E-state index in [-0.39, 0.29) is 29.6 Å². The fourth-order valence-electron chi connectivity index (χ4n) is 1.99. The topological polar surface area (TPSA) is 147 Å². The van der Waals surface area contributed by atoms with Crippen LogP contribution >= 0.6 is 15.2 Å². The molecule has 6 N–H and O–H groups in total. The van der Waals surface area contributed by atoms with Crippen molar-refractivity contribution in [2.45, 2.75) is 36.8 Å². The van der Waals surface area contributed by atoms with Gasteiger partial charge in [0.1, 0.15) is 5.66 Å². The zero-order valence-electron chi connectivity index (χ0n) is 9.01. The van der Waals surface area contributed by atoms with Crippen molar-refractivity contribution in [3.8, 4) is 0 Å². The third-order valence-electron chi connectivity index (χ3n) is 2.80. The van der Waals surface area contributed by atoms with Gasteiger partial charge in [-0.15, -0.1) is 0 Å². The van der Waals surface area contributed by atoms with Crippen molar-refractivity contribution < 1.29 is 33.8 Å². The zero-order chi connectivity index (χ0) is 13.3. The molecule has 8 nitrogen and oxygen atoms in total. The summed E-state index contributed by atoms with van der Waals surface area (Å²) in [5.74, 6) is -2.35. The van der Waals surface area contributed by atoms with Crippen molar-refractivity contribution in [3.63, 3.8) is 0 Å². The molecular weight excluding hydrogens is 295 g/mol. The van der Waals surface area contributed by atoms with E-state index in [1.807, 2.05) is 0 Å². The van der Waals surface area contributed by atoms with Crippen molar-refractivity contribution in [1.29, 1.82) is 0 Å². The van der Waals surface area contributed by atoms with Crippen LogP contribution in [0.2, 0.25) is 0 Å². The van der Waals surface area contributed by atoms with Gasteiger partial charge in [-0.05, 0) is 19.4 Å². The van der Waals surface area contributed by atoms with E-state index >= 15 is 0 Å². The maximum absolute atomic E-state index is 11.3. The normalized spacial score (nSPS) is 25.1. The quantitative estimate of drug-likeness (QED) is 0.272. The molecular formula is C7H18NNaO7P2. The van der Waals surface area contributed by atoms with Crippen LogP contribution in [-0.4, -0.2) is 78.3 Å². The molecule has 1 fully saturated rings. The van der Waals surface area contributed by atoms with Crippen LogP contribution in [0.3, 0.4) is 0 Å². The van der Waals surface area contributed by atoms with Gasteiger partial charge < -0.3 is 30.0 Å². The number of hydrogen-bond donors (Lipinski definition) is 6. The Labute approximate surface area is 127 Å². The Kier molecular flexibility index (Phi) is 7.79. The molecule has 1 aliphatic heterocycles. The molecule has 0 spiro atoms. The minimum atomic E-state index is -4.95. The molecule has 0 aromatic carbocycles. The molecule has 0 radical (unpaired) electrons. The second kappa shape index (κ2) is 7.29. The van der Waals surface area contributed by atoms with Crippen molar-refractivity contribution in [1.82, 2.24) is 5.32 Å². The van der Waals surface area contributed by atoms with Crippen molar-refractivity contribution >= 4 is 44.7 Å². The van der Waals surface area contributed by atoms with Gasteiger partial charge in [-0.1, -0.05) is 6.42 Å². The molecule has 0 bridgehead atoms. The summed E-state index contributed by atoms with van der Waals surface area (Å²) in [6, 6.07) is -0.785. The first-order chi connectivity index (χ1) is 7.64. The van der Waals surface area contributed by atoms with Crippen molar-refractivity contribution in [3.05, 3.63) is 0 Å². The van der Waals surface area contributed by atoms with Gasteiger partial charge in [-0.3, -0.25) is 9.13 Å². The number of piperidine rings is 1. The predicted molar refractivity (Wildman–Crippen MR) is 66.7 cm³/mol. The van der Waals surface area contributed by atoms with Gasteiger partial charge in [0.05, 0.1) is 0 Å². The molecule has 0 aromatic heterocycles. The van der Waals surface area contributed by atoms with E-state index in [4.69, 9.17) is 19.6 Å². The fraction of sp³-hybridized carbons (Fsp3) is 1.00. The number of nitrogens with one attached hydrogen (secondary N) is 1. The second-order valence-electron chi connectivity index (χ2n) is 4.14. The Bertz CT molecular complexity index is 350. The molecule has 1 heterocycles. The number of rotatable bonds is 4. The molecule has 0 aromatic rings. The molecule has 18 heavy (non-hydrogen) atoms.